The SMILES string of the molecule is COC(OC)C(C)NC(=O)c1cnn2ccncc12. The number of carbonyl (C=O) groups is 1. The second-order valence-electron chi connectivity index (χ2n) is 4.07. The Labute approximate surface area is 110 Å². The smallest absolute Gasteiger partial charge is 0.255 e. The quantitative estimate of drug-likeness (QED) is 0.794. The second kappa shape index (κ2) is 5.77. The maximum absolute atomic E-state index is 12.2. The fraction of sp³-hybridized carbons (Fsp3) is 0.417. The van der Waals surface area contributed by atoms with Gasteiger partial charge in [-0.05, 0) is 6.92 Å². The van der Waals surface area contributed by atoms with Crippen LogP contribution >= 0.6 is 0 Å². The Balaban J connectivity index is 2.16. The van der Waals surface area contributed by atoms with E-state index in [2.05, 4.69) is 15.4 Å². The average molecular weight is 264 g/mol. The zero-order chi connectivity index (χ0) is 13.8. The topological polar surface area (TPSA) is 77.8 Å². The summed E-state index contributed by atoms with van der Waals surface area (Å²) in [6, 6.07) is -0.283. The van der Waals surface area contributed by atoms with Crippen molar-refractivity contribution in [2.45, 2.75) is 19.3 Å². The van der Waals surface area contributed by atoms with Crippen LogP contribution in [-0.4, -0.2) is 47.1 Å². The summed E-state index contributed by atoms with van der Waals surface area (Å²) in [6.07, 6.45) is 5.90. The second-order valence-corrected chi connectivity index (χ2v) is 4.07. The Morgan fingerprint density at radius 1 is 1.37 bits per heavy atom. The first-order chi connectivity index (χ1) is 9.17. The molecule has 2 rings (SSSR count). The fourth-order valence-electron chi connectivity index (χ4n) is 1.87. The first-order valence-corrected chi connectivity index (χ1v) is 5.81. The molecule has 7 nitrogen and oxygen atoms in total. The number of hydrogen-bond acceptors (Lipinski definition) is 5. The molecule has 0 aromatic carbocycles. The molecule has 1 unspecified atom stereocenters. The summed E-state index contributed by atoms with van der Waals surface area (Å²) in [7, 11) is 3.05. The largest absolute Gasteiger partial charge is 0.354 e. The van der Waals surface area contributed by atoms with Crippen LogP contribution in [0.1, 0.15) is 17.3 Å². The molecular weight excluding hydrogens is 248 g/mol. The lowest BCUT2D eigenvalue weighted by Gasteiger charge is -2.21. The van der Waals surface area contributed by atoms with Crippen molar-refractivity contribution in [3.8, 4) is 0 Å². The van der Waals surface area contributed by atoms with Crippen LogP contribution < -0.4 is 5.32 Å². The molecule has 0 aliphatic rings. The van der Waals surface area contributed by atoms with Gasteiger partial charge in [0.25, 0.3) is 5.91 Å². The van der Waals surface area contributed by atoms with Gasteiger partial charge in [-0.3, -0.25) is 9.78 Å². The summed E-state index contributed by atoms with van der Waals surface area (Å²) in [5.74, 6) is -0.241. The molecule has 0 aliphatic carbocycles. The normalized spacial score (nSPS) is 12.8. The molecule has 1 atom stereocenters. The van der Waals surface area contributed by atoms with Crippen molar-refractivity contribution < 1.29 is 14.3 Å². The molecule has 0 saturated carbocycles. The highest BCUT2D eigenvalue weighted by Gasteiger charge is 2.20. The van der Waals surface area contributed by atoms with Gasteiger partial charge in [0, 0.05) is 26.6 Å². The molecule has 0 radical (unpaired) electrons. The van der Waals surface area contributed by atoms with Gasteiger partial charge < -0.3 is 14.8 Å². The molecule has 0 aliphatic heterocycles. The van der Waals surface area contributed by atoms with E-state index in [9.17, 15) is 4.79 Å². The minimum absolute atomic E-state index is 0.241. The maximum Gasteiger partial charge on any atom is 0.255 e. The molecule has 19 heavy (non-hydrogen) atoms. The molecule has 1 amide bonds. The van der Waals surface area contributed by atoms with E-state index in [-0.39, 0.29) is 11.9 Å². The van der Waals surface area contributed by atoms with E-state index >= 15 is 0 Å². The van der Waals surface area contributed by atoms with Crippen LogP contribution in [-0.2, 0) is 9.47 Å². The third-order valence-corrected chi connectivity index (χ3v) is 2.80. The van der Waals surface area contributed by atoms with Crippen molar-refractivity contribution in [2.24, 2.45) is 0 Å². The lowest BCUT2D eigenvalue weighted by atomic mass is 10.2. The number of amides is 1. The van der Waals surface area contributed by atoms with Gasteiger partial charge in [-0.15, -0.1) is 0 Å². The highest BCUT2D eigenvalue weighted by atomic mass is 16.7. The molecule has 1 N–H and O–H groups in total. The van der Waals surface area contributed by atoms with Crippen LogP contribution in [0.5, 0.6) is 0 Å². The van der Waals surface area contributed by atoms with Crippen molar-refractivity contribution in [2.75, 3.05) is 14.2 Å². The fourth-order valence-corrected chi connectivity index (χ4v) is 1.87. The number of carbonyl (C=O) groups excluding carboxylic acids is 1. The van der Waals surface area contributed by atoms with Gasteiger partial charge in [0.1, 0.15) is 0 Å². The molecule has 0 spiro atoms. The Morgan fingerprint density at radius 3 is 2.79 bits per heavy atom. The Kier molecular flexibility index (Phi) is 4.08. The van der Waals surface area contributed by atoms with E-state index in [1.807, 2.05) is 0 Å². The number of methoxy groups -OCH3 is 2. The average Bonchev–Trinajstić information content (AvgIpc) is 2.84. The molecule has 7 heteroatoms. The predicted molar refractivity (Wildman–Crippen MR) is 67.7 cm³/mol. The van der Waals surface area contributed by atoms with Crippen molar-refractivity contribution in [3.05, 3.63) is 30.4 Å². The highest BCUT2D eigenvalue weighted by molar-refractivity contribution is 6.00. The van der Waals surface area contributed by atoms with E-state index < -0.39 is 6.29 Å². The third-order valence-electron chi connectivity index (χ3n) is 2.80. The van der Waals surface area contributed by atoms with Gasteiger partial charge in [0.15, 0.2) is 6.29 Å². The molecule has 0 saturated heterocycles. The summed E-state index contributed by atoms with van der Waals surface area (Å²) in [4.78, 5) is 16.1. The first-order valence-electron chi connectivity index (χ1n) is 5.81. The lowest BCUT2D eigenvalue weighted by molar-refractivity contribution is -0.117. The summed E-state index contributed by atoms with van der Waals surface area (Å²) >= 11 is 0. The zero-order valence-corrected chi connectivity index (χ0v) is 11.0. The van der Waals surface area contributed by atoms with Gasteiger partial charge in [-0.25, -0.2) is 4.52 Å². The number of hydrogen-bond donors (Lipinski definition) is 1. The third kappa shape index (κ3) is 2.72. The molecule has 0 bridgehead atoms. The van der Waals surface area contributed by atoms with Crippen molar-refractivity contribution in [1.82, 2.24) is 19.9 Å². The van der Waals surface area contributed by atoms with Crippen LogP contribution in [0.15, 0.2) is 24.8 Å². The number of nitrogens with one attached hydrogen (secondary N) is 1. The molecular formula is C12H16N4O3. The first kappa shape index (κ1) is 13.4. The minimum atomic E-state index is -0.496. The summed E-state index contributed by atoms with van der Waals surface area (Å²) in [6.45, 7) is 1.81. The minimum Gasteiger partial charge on any atom is -0.354 e. The number of fused-ring (bicyclic) bond motifs is 1. The predicted octanol–water partition coefficient (Wildman–Crippen LogP) is 0.466. The van der Waals surface area contributed by atoms with Crippen molar-refractivity contribution >= 4 is 11.4 Å². The van der Waals surface area contributed by atoms with Crippen LogP contribution in [0.2, 0.25) is 0 Å². The summed E-state index contributed by atoms with van der Waals surface area (Å²) in [5.41, 5.74) is 1.12. The maximum atomic E-state index is 12.2. The van der Waals surface area contributed by atoms with Crippen molar-refractivity contribution in [3.63, 3.8) is 0 Å². The Morgan fingerprint density at radius 2 is 2.11 bits per heavy atom. The Bertz CT molecular complexity index is 565. The van der Waals surface area contributed by atoms with Crippen LogP contribution in [0, 0.1) is 0 Å². The van der Waals surface area contributed by atoms with Gasteiger partial charge in [0.2, 0.25) is 0 Å². The van der Waals surface area contributed by atoms with E-state index in [4.69, 9.17) is 9.47 Å². The van der Waals surface area contributed by atoms with Gasteiger partial charge >= 0.3 is 0 Å². The number of aromatic nitrogens is 3. The molecule has 102 valence electrons. The van der Waals surface area contributed by atoms with E-state index in [0.717, 1.165) is 0 Å². The number of nitrogens with zero attached hydrogens (tertiary/aromatic N) is 3. The number of rotatable bonds is 5. The lowest BCUT2D eigenvalue weighted by Crippen LogP contribution is -2.42. The molecule has 2 heterocycles. The molecule has 2 aromatic rings. The van der Waals surface area contributed by atoms with E-state index in [1.165, 1.54) is 20.4 Å². The standard InChI is InChI=1S/C12H16N4O3/c1-8(12(18-2)19-3)15-11(17)9-6-14-16-5-4-13-7-10(9)16/h4-8,12H,1-3H3,(H,15,17). The van der Waals surface area contributed by atoms with E-state index in [0.29, 0.717) is 11.1 Å². The number of ether oxygens (including phenoxy) is 2. The van der Waals surface area contributed by atoms with Crippen LogP contribution in [0.25, 0.3) is 5.52 Å². The van der Waals surface area contributed by atoms with Gasteiger partial charge in [-0.1, -0.05) is 0 Å². The van der Waals surface area contributed by atoms with Crippen molar-refractivity contribution in [1.29, 1.82) is 0 Å². The molecule has 0 fully saturated rings. The monoisotopic (exact) mass is 264 g/mol. The summed E-state index contributed by atoms with van der Waals surface area (Å²) < 4.78 is 11.8. The Hall–Kier alpha value is -1.99. The van der Waals surface area contributed by atoms with Gasteiger partial charge in [0.05, 0.1) is 29.5 Å². The van der Waals surface area contributed by atoms with Gasteiger partial charge in [-0.2, -0.15) is 5.10 Å². The van der Waals surface area contributed by atoms with E-state index in [1.54, 1.807) is 30.0 Å². The molecule has 2 aromatic heterocycles. The van der Waals surface area contributed by atoms with Crippen LogP contribution in [0.4, 0.5) is 0 Å². The van der Waals surface area contributed by atoms with Crippen LogP contribution in [0.3, 0.4) is 0 Å². The highest BCUT2D eigenvalue weighted by Crippen LogP contribution is 2.09. The summed E-state index contributed by atoms with van der Waals surface area (Å²) in [5, 5.41) is 6.89. The zero-order valence-electron chi connectivity index (χ0n) is 11.0.